The van der Waals surface area contributed by atoms with Crippen LogP contribution >= 0.6 is 11.3 Å². The van der Waals surface area contributed by atoms with Gasteiger partial charge in [-0.15, -0.1) is 11.3 Å². The van der Waals surface area contributed by atoms with Crippen molar-refractivity contribution in [2.45, 2.75) is 0 Å². The number of methoxy groups -OCH3 is 1. The van der Waals surface area contributed by atoms with Crippen LogP contribution in [0.15, 0.2) is 53.9 Å². The fourth-order valence-corrected chi connectivity index (χ4v) is 2.70. The van der Waals surface area contributed by atoms with Gasteiger partial charge in [0, 0.05) is 4.70 Å². The molecule has 0 radical (unpaired) electrons. The highest BCUT2D eigenvalue weighted by atomic mass is 32.1. The summed E-state index contributed by atoms with van der Waals surface area (Å²) < 4.78 is 6.50. The first-order chi connectivity index (χ1) is 8.36. The molecule has 1 heterocycles. The molecule has 0 spiro atoms. The average molecular weight is 240 g/mol. The quantitative estimate of drug-likeness (QED) is 0.637. The Morgan fingerprint density at radius 2 is 1.65 bits per heavy atom. The van der Waals surface area contributed by atoms with Crippen molar-refractivity contribution in [3.05, 3.63) is 53.9 Å². The third-order valence-corrected chi connectivity index (χ3v) is 3.77. The minimum Gasteiger partial charge on any atom is -0.497 e. The van der Waals surface area contributed by atoms with Gasteiger partial charge in [-0.1, -0.05) is 18.2 Å². The Labute approximate surface area is 104 Å². The number of hydrogen-bond acceptors (Lipinski definition) is 2. The van der Waals surface area contributed by atoms with E-state index in [9.17, 15) is 0 Å². The Morgan fingerprint density at radius 3 is 2.41 bits per heavy atom. The molecule has 2 aromatic carbocycles. The molecule has 0 atom stereocenters. The molecule has 0 aliphatic heterocycles. The molecule has 0 unspecified atom stereocenters. The largest absolute Gasteiger partial charge is 0.497 e. The van der Waals surface area contributed by atoms with Crippen LogP contribution in [0, 0.1) is 0 Å². The molecule has 0 aliphatic carbocycles. The van der Waals surface area contributed by atoms with Crippen LogP contribution in [-0.4, -0.2) is 7.11 Å². The zero-order chi connectivity index (χ0) is 11.7. The van der Waals surface area contributed by atoms with E-state index in [0.717, 1.165) is 5.75 Å². The smallest absolute Gasteiger partial charge is 0.118 e. The van der Waals surface area contributed by atoms with Crippen LogP contribution in [0.25, 0.3) is 21.2 Å². The predicted molar refractivity (Wildman–Crippen MR) is 73.8 cm³/mol. The molecule has 0 fully saturated rings. The van der Waals surface area contributed by atoms with Crippen LogP contribution < -0.4 is 4.74 Å². The number of benzene rings is 2. The molecule has 0 aliphatic rings. The Hall–Kier alpha value is -1.80. The summed E-state index contributed by atoms with van der Waals surface area (Å²) in [6, 6.07) is 16.9. The number of thiophene rings is 1. The van der Waals surface area contributed by atoms with Gasteiger partial charge in [0.15, 0.2) is 0 Å². The van der Waals surface area contributed by atoms with Gasteiger partial charge in [0.2, 0.25) is 0 Å². The van der Waals surface area contributed by atoms with E-state index in [1.807, 2.05) is 12.1 Å². The van der Waals surface area contributed by atoms with Gasteiger partial charge in [0.05, 0.1) is 7.11 Å². The van der Waals surface area contributed by atoms with Crippen LogP contribution in [0.1, 0.15) is 0 Å². The first kappa shape index (κ1) is 10.4. The van der Waals surface area contributed by atoms with Crippen LogP contribution in [0.4, 0.5) is 0 Å². The van der Waals surface area contributed by atoms with Gasteiger partial charge in [-0.05, 0) is 52.2 Å². The van der Waals surface area contributed by atoms with E-state index < -0.39 is 0 Å². The van der Waals surface area contributed by atoms with E-state index in [2.05, 4.69) is 41.8 Å². The molecule has 17 heavy (non-hydrogen) atoms. The minimum atomic E-state index is 0.894. The van der Waals surface area contributed by atoms with Gasteiger partial charge in [0.1, 0.15) is 5.75 Å². The number of fused-ring (bicyclic) bond motifs is 1. The summed E-state index contributed by atoms with van der Waals surface area (Å²) in [6.45, 7) is 0. The van der Waals surface area contributed by atoms with E-state index in [4.69, 9.17) is 4.74 Å². The lowest BCUT2D eigenvalue weighted by Gasteiger charge is -2.04. The zero-order valence-corrected chi connectivity index (χ0v) is 10.3. The Bertz CT molecular complexity index is 637. The van der Waals surface area contributed by atoms with Crippen LogP contribution in [0.2, 0.25) is 0 Å². The summed E-state index contributed by atoms with van der Waals surface area (Å²) in [4.78, 5) is 0. The molecule has 0 amide bonds. The summed E-state index contributed by atoms with van der Waals surface area (Å²) in [5.74, 6) is 0.894. The second-order valence-corrected chi connectivity index (χ2v) is 4.85. The van der Waals surface area contributed by atoms with Gasteiger partial charge in [0.25, 0.3) is 0 Å². The van der Waals surface area contributed by atoms with Crippen molar-refractivity contribution in [3.63, 3.8) is 0 Å². The highest BCUT2D eigenvalue weighted by Crippen LogP contribution is 2.28. The molecule has 3 aromatic rings. The maximum absolute atomic E-state index is 5.16. The highest BCUT2D eigenvalue weighted by Gasteiger charge is 2.00. The van der Waals surface area contributed by atoms with Crippen LogP contribution in [0.5, 0.6) is 5.75 Å². The van der Waals surface area contributed by atoms with Gasteiger partial charge in [-0.2, -0.15) is 0 Å². The van der Waals surface area contributed by atoms with Crippen molar-refractivity contribution in [3.8, 4) is 16.9 Å². The standard InChI is InChI=1S/C15H12OS/c1-16-14-5-2-11(3-6-14)12-4-7-15-13(10-12)8-9-17-15/h2-10H,1H3. The van der Waals surface area contributed by atoms with Gasteiger partial charge in [-0.3, -0.25) is 0 Å². The van der Waals surface area contributed by atoms with Crippen molar-refractivity contribution in [1.82, 2.24) is 0 Å². The Morgan fingerprint density at radius 1 is 0.882 bits per heavy atom. The van der Waals surface area contributed by atoms with Crippen LogP contribution in [-0.2, 0) is 0 Å². The molecule has 0 N–H and O–H groups in total. The highest BCUT2D eigenvalue weighted by molar-refractivity contribution is 7.17. The maximum atomic E-state index is 5.16. The van der Waals surface area contributed by atoms with Crippen molar-refractivity contribution in [1.29, 1.82) is 0 Å². The first-order valence-electron chi connectivity index (χ1n) is 5.48. The van der Waals surface area contributed by atoms with E-state index in [1.165, 1.54) is 21.2 Å². The molecular formula is C15H12OS. The SMILES string of the molecule is COc1ccc(-c2ccc3sccc3c2)cc1. The van der Waals surface area contributed by atoms with Crippen LogP contribution in [0.3, 0.4) is 0 Å². The predicted octanol–water partition coefficient (Wildman–Crippen LogP) is 4.58. The lowest BCUT2D eigenvalue weighted by molar-refractivity contribution is 0.415. The maximum Gasteiger partial charge on any atom is 0.118 e. The summed E-state index contributed by atoms with van der Waals surface area (Å²) in [7, 11) is 1.69. The number of ether oxygens (including phenoxy) is 1. The summed E-state index contributed by atoms with van der Waals surface area (Å²) in [6.07, 6.45) is 0. The first-order valence-corrected chi connectivity index (χ1v) is 6.36. The molecule has 1 nitrogen and oxygen atoms in total. The molecule has 3 rings (SSSR count). The third kappa shape index (κ3) is 1.92. The van der Waals surface area contributed by atoms with Crippen molar-refractivity contribution < 1.29 is 4.74 Å². The summed E-state index contributed by atoms with van der Waals surface area (Å²) in [5.41, 5.74) is 2.47. The van der Waals surface area contributed by atoms with E-state index >= 15 is 0 Å². The van der Waals surface area contributed by atoms with Gasteiger partial charge < -0.3 is 4.74 Å². The van der Waals surface area contributed by atoms with E-state index in [1.54, 1.807) is 18.4 Å². The summed E-state index contributed by atoms with van der Waals surface area (Å²) >= 11 is 1.78. The van der Waals surface area contributed by atoms with Crippen molar-refractivity contribution in [2.24, 2.45) is 0 Å². The molecular weight excluding hydrogens is 228 g/mol. The molecule has 0 saturated carbocycles. The molecule has 1 aromatic heterocycles. The molecule has 84 valence electrons. The zero-order valence-electron chi connectivity index (χ0n) is 9.51. The minimum absolute atomic E-state index is 0.894. The Balaban J connectivity index is 2.06. The van der Waals surface area contributed by atoms with Crippen molar-refractivity contribution in [2.75, 3.05) is 7.11 Å². The summed E-state index contributed by atoms with van der Waals surface area (Å²) in [5, 5.41) is 3.44. The number of hydrogen-bond donors (Lipinski definition) is 0. The fraction of sp³-hybridized carbons (Fsp3) is 0.0667. The normalized spacial score (nSPS) is 10.6. The lowest BCUT2D eigenvalue weighted by atomic mass is 10.0. The van der Waals surface area contributed by atoms with Gasteiger partial charge in [-0.25, -0.2) is 0 Å². The molecule has 0 saturated heterocycles. The molecule has 2 heteroatoms. The third-order valence-electron chi connectivity index (χ3n) is 2.88. The average Bonchev–Trinajstić information content (AvgIpc) is 2.86. The monoisotopic (exact) mass is 240 g/mol. The van der Waals surface area contributed by atoms with Gasteiger partial charge >= 0.3 is 0 Å². The lowest BCUT2D eigenvalue weighted by Crippen LogP contribution is -1.82. The fourth-order valence-electron chi connectivity index (χ4n) is 1.93. The molecule has 0 bridgehead atoms. The Kier molecular flexibility index (Phi) is 2.57. The van der Waals surface area contributed by atoms with Crippen molar-refractivity contribution >= 4 is 21.4 Å². The van der Waals surface area contributed by atoms with E-state index in [-0.39, 0.29) is 0 Å². The van der Waals surface area contributed by atoms with E-state index in [0.29, 0.717) is 0 Å². The topological polar surface area (TPSA) is 9.23 Å². The number of rotatable bonds is 2. The second kappa shape index (κ2) is 4.22. The second-order valence-electron chi connectivity index (χ2n) is 3.90.